The second kappa shape index (κ2) is 6.70. The van der Waals surface area contributed by atoms with Gasteiger partial charge < -0.3 is 14.6 Å². The lowest BCUT2D eigenvalue weighted by Crippen LogP contribution is -2.39. The van der Waals surface area contributed by atoms with Crippen LogP contribution in [0.15, 0.2) is 11.1 Å². The zero-order valence-electron chi connectivity index (χ0n) is 16.4. The van der Waals surface area contributed by atoms with E-state index >= 15 is 0 Å². The van der Waals surface area contributed by atoms with Gasteiger partial charge in [-0.2, -0.15) is 0 Å². The van der Waals surface area contributed by atoms with Gasteiger partial charge in [0.25, 0.3) is 0 Å². The Morgan fingerprint density at radius 2 is 2.04 bits per heavy atom. The number of carbonyl (C=O) groups is 1. The van der Waals surface area contributed by atoms with E-state index in [-0.39, 0.29) is 17.6 Å². The Kier molecular flexibility index (Phi) is 5.06. The molecule has 0 radical (unpaired) electrons. The molecule has 3 aliphatic rings. The molecule has 25 heavy (non-hydrogen) atoms. The van der Waals surface area contributed by atoms with Crippen LogP contribution < -0.4 is 0 Å². The van der Waals surface area contributed by atoms with Crippen LogP contribution in [-0.2, 0) is 14.3 Å². The van der Waals surface area contributed by atoms with Crippen molar-refractivity contribution in [3.05, 3.63) is 11.1 Å². The maximum Gasteiger partial charge on any atom is 0.310 e. The Morgan fingerprint density at radius 3 is 2.64 bits per heavy atom. The van der Waals surface area contributed by atoms with Gasteiger partial charge in [-0.3, -0.25) is 4.79 Å². The Bertz CT molecular complexity index is 564. The molecule has 1 heterocycles. The molecule has 0 bridgehead atoms. The number of methoxy groups -OCH3 is 1. The first-order valence-electron chi connectivity index (χ1n) is 9.79. The number of allylic oxidation sites excluding steroid dienone is 1. The molecule has 4 nitrogen and oxygen atoms in total. The summed E-state index contributed by atoms with van der Waals surface area (Å²) in [5.41, 5.74) is 2.95. The minimum Gasteiger partial charge on any atom is -0.481 e. The van der Waals surface area contributed by atoms with Crippen LogP contribution >= 0.6 is 0 Å². The van der Waals surface area contributed by atoms with E-state index in [2.05, 4.69) is 20.8 Å². The van der Waals surface area contributed by atoms with Gasteiger partial charge in [0.15, 0.2) is 6.29 Å². The van der Waals surface area contributed by atoms with E-state index in [4.69, 9.17) is 9.47 Å². The highest BCUT2D eigenvalue weighted by Gasteiger charge is 2.50. The average molecular weight is 350 g/mol. The SMILES string of the molecule is CO[C@H]1OC[C@@H]2CCC([C@@]3(C)CCCC(C)(C)C3)=C([C@@H](C)C(=O)O)[C@@H]21. The molecule has 5 atom stereocenters. The minimum atomic E-state index is -0.728. The molecular weight excluding hydrogens is 316 g/mol. The van der Waals surface area contributed by atoms with Gasteiger partial charge in [-0.1, -0.05) is 32.8 Å². The maximum atomic E-state index is 11.9. The first kappa shape index (κ1) is 18.9. The van der Waals surface area contributed by atoms with Crippen LogP contribution in [0.5, 0.6) is 0 Å². The Morgan fingerprint density at radius 1 is 1.32 bits per heavy atom. The largest absolute Gasteiger partial charge is 0.481 e. The Balaban J connectivity index is 2.08. The summed E-state index contributed by atoms with van der Waals surface area (Å²) in [4.78, 5) is 11.9. The lowest BCUT2D eigenvalue weighted by molar-refractivity contribution is -0.141. The molecule has 3 rings (SSSR count). The molecule has 1 aliphatic heterocycles. The van der Waals surface area contributed by atoms with Gasteiger partial charge in [0.2, 0.25) is 0 Å². The highest BCUT2D eigenvalue weighted by atomic mass is 16.7. The first-order valence-corrected chi connectivity index (χ1v) is 9.79. The predicted molar refractivity (Wildman–Crippen MR) is 97.1 cm³/mol. The van der Waals surface area contributed by atoms with Crippen molar-refractivity contribution in [1.29, 1.82) is 0 Å². The summed E-state index contributed by atoms with van der Waals surface area (Å²) in [6.45, 7) is 9.62. The number of aliphatic carboxylic acids is 1. The third kappa shape index (κ3) is 3.40. The molecule has 0 unspecified atom stereocenters. The van der Waals surface area contributed by atoms with E-state index in [1.807, 2.05) is 6.92 Å². The fourth-order valence-corrected chi connectivity index (χ4v) is 5.98. The molecule has 4 heteroatoms. The van der Waals surface area contributed by atoms with Crippen LogP contribution in [0.4, 0.5) is 0 Å². The molecule has 0 amide bonds. The zero-order valence-corrected chi connectivity index (χ0v) is 16.4. The van der Waals surface area contributed by atoms with E-state index < -0.39 is 11.9 Å². The Labute approximate surface area is 152 Å². The molecular formula is C21H34O4. The molecule has 2 aliphatic carbocycles. The summed E-state index contributed by atoms with van der Waals surface area (Å²) in [7, 11) is 1.68. The van der Waals surface area contributed by atoms with E-state index in [0.29, 0.717) is 17.9 Å². The van der Waals surface area contributed by atoms with E-state index in [1.54, 1.807) is 7.11 Å². The number of hydrogen-bond acceptors (Lipinski definition) is 3. The summed E-state index contributed by atoms with van der Waals surface area (Å²) >= 11 is 0. The van der Waals surface area contributed by atoms with Gasteiger partial charge in [-0.25, -0.2) is 0 Å². The predicted octanol–water partition coefficient (Wildman–Crippen LogP) is 4.64. The van der Waals surface area contributed by atoms with Crippen molar-refractivity contribution in [2.75, 3.05) is 13.7 Å². The highest BCUT2D eigenvalue weighted by Crippen LogP contribution is 2.56. The number of fused-ring (bicyclic) bond motifs is 1. The van der Waals surface area contributed by atoms with E-state index in [0.717, 1.165) is 31.3 Å². The first-order chi connectivity index (χ1) is 11.7. The summed E-state index contributed by atoms with van der Waals surface area (Å²) in [5, 5.41) is 9.80. The van der Waals surface area contributed by atoms with Crippen molar-refractivity contribution in [2.45, 2.75) is 72.5 Å². The molecule has 1 saturated heterocycles. The Hall–Kier alpha value is -0.870. The van der Waals surface area contributed by atoms with Gasteiger partial charge in [-0.05, 0) is 61.3 Å². The van der Waals surface area contributed by atoms with Gasteiger partial charge in [0, 0.05) is 13.0 Å². The molecule has 1 N–H and O–H groups in total. The van der Waals surface area contributed by atoms with Crippen molar-refractivity contribution < 1.29 is 19.4 Å². The third-order valence-corrected chi connectivity index (χ3v) is 7.00. The van der Waals surface area contributed by atoms with Crippen LogP contribution in [-0.4, -0.2) is 31.1 Å². The molecule has 2 fully saturated rings. The molecule has 142 valence electrons. The highest BCUT2D eigenvalue weighted by molar-refractivity contribution is 5.74. The second-order valence-corrected chi connectivity index (χ2v) is 9.51. The van der Waals surface area contributed by atoms with Crippen LogP contribution in [0.3, 0.4) is 0 Å². The molecule has 0 spiro atoms. The standard InChI is InChI=1S/C21H34O4/c1-13(18(22)23)16-15(21(4)10-6-9-20(2,3)12-21)8-7-14-11-25-19(24-5)17(14)16/h13-14,17,19H,6-12H2,1-5H3,(H,22,23)/t13-,14+,17-,19+,21+/m1/s1. The number of hydrogen-bond donors (Lipinski definition) is 1. The lowest BCUT2D eigenvalue weighted by Gasteiger charge is -2.48. The molecule has 0 aromatic heterocycles. The summed E-state index contributed by atoms with van der Waals surface area (Å²) < 4.78 is 11.5. The van der Waals surface area contributed by atoms with Gasteiger partial charge in [-0.15, -0.1) is 0 Å². The van der Waals surface area contributed by atoms with E-state index in [1.165, 1.54) is 18.4 Å². The number of rotatable bonds is 4. The lowest BCUT2D eigenvalue weighted by atomic mass is 9.56. The van der Waals surface area contributed by atoms with Crippen molar-refractivity contribution in [3.63, 3.8) is 0 Å². The number of carboxylic acids is 1. The minimum absolute atomic E-state index is 0.0988. The molecule has 0 aromatic carbocycles. The fourth-order valence-electron chi connectivity index (χ4n) is 5.98. The van der Waals surface area contributed by atoms with Crippen LogP contribution in [0.2, 0.25) is 0 Å². The number of carboxylic acid groups (broad SMARTS) is 1. The monoisotopic (exact) mass is 350 g/mol. The number of ether oxygens (including phenoxy) is 2. The topological polar surface area (TPSA) is 55.8 Å². The average Bonchev–Trinajstić information content (AvgIpc) is 2.95. The maximum absolute atomic E-state index is 11.9. The van der Waals surface area contributed by atoms with Gasteiger partial charge >= 0.3 is 5.97 Å². The third-order valence-electron chi connectivity index (χ3n) is 7.00. The summed E-state index contributed by atoms with van der Waals surface area (Å²) in [5.74, 6) is -0.704. The molecule has 1 saturated carbocycles. The van der Waals surface area contributed by atoms with Crippen LogP contribution in [0, 0.1) is 28.6 Å². The van der Waals surface area contributed by atoms with Crippen molar-refractivity contribution in [1.82, 2.24) is 0 Å². The van der Waals surface area contributed by atoms with Crippen molar-refractivity contribution in [2.24, 2.45) is 28.6 Å². The normalized spacial score (nSPS) is 39.2. The molecule has 0 aromatic rings. The van der Waals surface area contributed by atoms with Crippen LogP contribution in [0.1, 0.15) is 66.2 Å². The summed E-state index contributed by atoms with van der Waals surface area (Å²) in [6, 6.07) is 0. The second-order valence-electron chi connectivity index (χ2n) is 9.51. The van der Waals surface area contributed by atoms with Crippen molar-refractivity contribution in [3.8, 4) is 0 Å². The van der Waals surface area contributed by atoms with Crippen LogP contribution in [0.25, 0.3) is 0 Å². The quantitative estimate of drug-likeness (QED) is 0.751. The van der Waals surface area contributed by atoms with Crippen molar-refractivity contribution >= 4 is 5.97 Å². The van der Waals surface area contributed by atoms with Gasteiger partial charge in [0.1, 0.15) is 0 Å². The van der Waals surface area contributed by atoms with E-state index in [9.17, 15) is 9.90 Å². The summed E-state index contributed by atoms with van der Waals surface area (Å²) in [6.07, 6.45) is 6.60. The van der Waals surface area contributed by atoms with Gasteiger partial charge in [0.05, 0.1) is 12.5 Å². The smallest absolute Gasteiger partial charge is 0.310 e. The fraction of sp³-hybridized carbons (Fsp3) is 0.857. The zero-order chi connectivity index (χ0) is 18.4.